The van der Waals surface area contributed by atoms with E-state index in [1.165, 1.54) is 10.5 Å². The lowest BCUT2D eigenvalue weighted by Crippen LogP contribution is -3.27. The number of rotatable bonds is 5. The van der Waals surface area contributed by atoms with Gasteiger partial charge in [-0.05, 0) is 6.07 Å². The van der Waals surface area contributed by atoms with Crippen LogP contribution in [-0.2, 0) is 13.1 Å². The third-order valence-electron chi connectivity index (χ3n) is 4.53. The fourth-order valence-electron chi connectivity index (χ4n) is 3.25. The predicted molar refractivity (Wildman–Crippen MR) is 84.9 cm³/mol. The molecule has 1 saturated heterocycles. The van der Waals surface area contributed by atoms with Gasteiger partial charge in [-0.15, -0.1) is 0 Å². The largest absolute Gasteiger partial charge is 0.322 e. The second kappa shape index (κ2) is 7.30. The van der Waals surface area contributed by atoms with E-state index in [-0.39, 0.29) is 10.6 Å². The zero-order valence-electron chi connectivity index (χ0n) is 13.1. The molecule has 0 aliphatic carbocycles. The van der Waals surface area contributed by atoms with Crippen molar-refractivity contribution >= 4 is 5.69 Å². The third kappa shape index (κ3) is 4.12. The number of para-hydroxylation sites is 1. The number of H-pyrrole nitrogens is 1. The SMILES string of the molecule is O=[N+]([O-])c1ccccc1C[NH+]1CC[NH+](Cc2cc[nH+]cc2)CC1. The molecular formula is C17H23N4O2+3. The Morgan fingerprint density at radius 2 is 1.57 bits per heavy atom. The van der Waals surface area contributed by atoms with Crippen molar-refractivity contribution in [2.45, 2.75) is 13.1 Å². The molecular weight excluding hydrogens is 292 g/mol. The number of hydrogen-bond acceptors (Lipinski definition) is 2. The molecule has 1 aliphatic heterocycles. The Kier molecular flexibility index (Phi) is 4.95. The summed E-state index contributed by atoms with van der Waals surface area (Å²) in [6.45, 7) is 6.11. The minimum absolute atomic E-state index is 0.246. The molecule has 1 fully saturated rings. The van der Waals surface area contributed by atoms with Gasteiger partial charge in [0, 0.05) is 23.8 Å². The highest BCUT2D eigenvalue weighted by Gasteiger charge is 2.25. The lowest BCUT2D eigenvalue weighted by Gasteiger charge is -2.29. The monoisotopic (exact) mass is 315 g/mol. The van der Waals surface area contributed by atoms with E-state index in [4.69, 9.17) is 0 Å². The number of nitrogens with zero attached hydrogens (tertiary/aromatic N) is 1. The molecule has 0 amide bonds. The zero-order valence-corrected chi connectivity index (χ0v) is 13.1. The number of piperazine rings is 1. The molecule has 3 N–H and O–H groups in total. The predicted octanol–water partition coefficient (Wildman–Crippen LogP) is -1.11. The first kappa shape index (κ1) is 15.6. The molecule has 120 valence electrons. The molecule has 1 aromatic heterocycles. The highest BCUT2D eigenvalue weighted by molar-refractivity contribution is 5.39. The molecule has 0 atom stereocenters. The van der Waals surface area contributed by atoms with Crippen molar-refractivity contribution in [1.29, 1.82) is 0 Å². The van der Waals surface area contributed by atoms with E-state index in [1.54, 1.807) is 17.0 Å². The summed E-state index contributed by atoms with van der Waals surface area (Å²) in [5.41, 5.74) is 2.44. The van der Waals surface area contributed by atoms with Crippen LogP contribution in [0.2, 0.25) is 0 Å². The van der Waals surface area contributed by atoms with Crippen molar-refractivity contribution in [2.75, 3.05) is 26.2 Å². The summed E-state index contributed by atoms with van der Waals surface area (Å²) < 4.78 is 0. The molecule has 0 bridgehead atoms. The van der Waals surface area contributed by atoms with E-state index < -0.39 is 0 Å². The Morgan fingerprint density at radius 1 is 0.957 bits per heavy atom. The number of nitro benzene ring substituents is 1. The van der Waals surface area contributed by atoms with Crippen molar-refractivity contribution in [1.82, 2.24) is 0 Å². The van der Waals surface area contributed by atoms with Crippen LogP contribution in [0.15, 0.2) is 48.8 Å². The maximum Gasteiger partial charge on any atom is 0.278 e. The molecule has 1 aliphatic rings. The maximum absolute atomic E-state index is 11.1. The Labute approximate surface area is 135 Å². The van der Waals surface area contributed by atoms with E-state index in [1.807, 2.05) is 24.5 Å². The van der Waals surface area contributed by atoms with Crippen LogP contribution in [0.1, 0.15) is 11.1 Å². The summed E-state index contributed by atoms with van der Waals surface area (Å²) in [6.07, 6.45) is 3.93. The molecule has 1 aromatic carbocycles. The quantitative estimate of drug-likeness (QED) is 0.543. The van der Waals surface area contributed by atoms with Crippen LogP contribution in [0.5, 0.6) is 0 Å². The average molecular weight is 315 g/mol. The van der Waals surface area contributed by atoms with Crippen molar-refractivity contribution in [2.24, 2.45) is 0 Å². The van der Waals surface area contributed by atoms with Gasteiger partial charge in [0.1, 0.15) is 39.3 Å². The van der Waals surface area contributed by atoms with Crippen LogP contribution < -0.4 is 14.8 Å². The molecule has 2 aromatic rings. The summed E-state index contributed by atoms with van der Waals surface area (Å²) in [5, 5.41) is 11.1. The zero-order chi connectivity index (χ0) is 16.1. The Hall–Kier alpha value is -2.31. The lowest BCUT2D eigenvalue weighted by atomic mass is 10.1. The van der Waals surface area contributed by atoms with Gasteiger partial charge in [-0.1, -0.05) is 12.1 Å². The van der Waals surface area contributed by atoms with Gasteiger partial charge in [-0.25, -0.2) is 4.98 Å². The number of nitro groups is 1. The first-order chi connectivity index (χ1) is 11.2. The van der Waals surface area contributed by atoms with E-state index in [0.717, 1.165) is 44.8 Å². The number of quaternary nitrogens is 2. The second-order valence-corrected chi connectivity index (χ2v) is 6.15. The minimum Gasteiger partial charge on any atom is -0.322 e. The molecule has 6 heteroatoms. The van der Waals surface area contributed by atoms with Crippen molar-refractivity contribution in [3.63, 3.8) is 0 Å². The summed E-state index contributed by atoms with van der Waals surface area (Å²) in [7, 11) is 0. The fraction of sp³-hybridized carbons (Fsp3) is 0.353. The molecule has 6 nitrogen and oxygen atoms in total. The number of aromatic nitrogens is 1. The number of aromatic amines is 1. The highest BCUT2D eigenvalue weighted by Crippen LogP contribution is 2.16. The van der Waals surface area contributed by atoms with Crippen LogP contribution in [-0.4, -0.2) is 31.1 Å². The fourth-order valence-corrected chi connectivity index (χ4v) is 3.25. The molecule has 2 heterocycles. The number of benzene rings is 1. The second-order valence-electron chi connectivity index (χ2n) is 6.15. The van der Waals surface area contributed by atoms with Crippen molar-refractivity contribution < 1.29 is 19.7 Å². The van der Waals surface area contributed by atoms with Gasteiger partial charge < -0.3 is 9.80 Å². The van der Waals surface area contributed by atoms with Gasteiger partial charge in [0.25, 0.3) is 5.69 Å². The first-order valence-electron chi connectivity index (χ1n) is 8.07. The molecule has 0 radical (unpaired) electrons. The molecule has 23 heavy (non-hydrogen) atoms. The van der Waals surface area contributed by atoms with E-state index in [9.17, 15) is 10.1 Å². The molecule has 0 spiro atoms. The topological polar surface area (TPSA) is 66.2 Å². The summed E-state index contributed by atoms with van der Waals surface area (Å²) in [6, 6.07) is 11.3. The van der Waals surface area contributed by atoms with Gasteiger partial charge in [-0.2, -0.15) is 0 Å². The molecule has 0 saturated carbocycles. The van der Waals surface area contributed by atoms with Gasteiger partial charge in [0.2, 0.25) is 0 Å². The standard InChI is InChI=1S/C17H20N4O2/c22-21(23)17-4-2-1-3-16(17)14-20-11-9-19(10-12-20)13-15-5-7-18-8-6-15/h1-8H,9-14H2/p+3. The van der Waals surface area contributed by atoms with Crippen LogP contribution in [0.4, 0.5) is 5.69 Å². The summed E-state index contributed by atoms with van der Waals surface area (Å²) in [4.78, 5) is 16.9. The Balaban J connectivity index is 1.54. The highest BCUT2D eigenvalue weighted by atomic mass is 16.6. The van der Waals surface area contributed by atoms with Crippen molar-refractivity contribution in [3.05, 3.63) is 70.0 Å². The van der Waals surface area contributed by atoms with Gasteiger partial charge in [0.15, 0.2) is 12.4 Å². The minimum atomic E-state index is -0.275. The summed E-state index contributed by atoms with van der Waals surface area (Å²) >= 11 is 0. The lowest BCUT2D eigenvalue weighted by molar-refractivity contribution is -1.02. The number of nitrogens with one attached hydrogen (secondary N) is 3. The van der Waals surface area contributed by atoms with Gasteiger partial charge >= 0.3 is 0 Å². The summed E-state index contributed by atoms with van der Waals surface area (Å²) in [5.74, 6) is 0. The number of hydrogen-bond donors (Lipinski definition) is 2. The Morgan fingerprint density at radius 3 is 2.22 bits per heavy atom. The first-order valence-corrected chi connectivity index (χ1v) is 8.07. The van der Waals surface area contributed by atoms with Crippen LogP contribution >= 0.6 is 0 Å². The number of pyridine rings is 1. The smallest absolute Gasteiger partial charge is 0.278 e. The molecule has 0 unspecified atom stereocenters. The van der Waals surface area contributed by atoms with E-state index in [0.29, 0.717) is 0 Å². The van der Waals surface area contributed by atoms with E-state index >= 15 is 0 Å². The Bertz CT molecular complexity index is 655. The third-order valence-corrected chi connectivity index (χ3v) is 4.53. The average Bonchev–Trinajstić information content (AvgIpc) is 2.58. The normalized spacial score (nSPS) is 21.0. The molecule has 3 rings (SSSR count). The van der Waals surface area contributed by atoms with Gasteiger partial charge in [0.05, 0.1) is 10.5 Å². The van der Waals surface area contributed by atoms with Crippen LogP contribution in [0.25, 0.3) is 0 Å². The van der Waals surface area contributed by atoms with E-state index in [2.05, 4.69) is 17.1 Å². The van der Waals surface area contributed by atoms with Crippen molar-refractivity contribution in [3.8, 4) is 0 Å². The van der Waals surface area contributed by atoms with Crippen LogP contribution in [0.3, 0.4) is 0 Å². The van der Waals surface area contributed by atoms with Crippen LogP contribution in [0, 0.1) is 10.1 Å². The maximum atomic E-state index is 11.1. The van der Waals surface area contributed by atoms with Gasteiger partial charge in [-0.3, -0.25) is 10.1 Å².